The van der Waals surface area contributed by atoms with Crippen LogP contribution in [0.15, 0.2) is 42.5 Å². The third-order valence-electron chi connectivity index (χ3n) is 4.77. The predicted octanol–water partition coefficient (Wildman–Crippen LogP) is 6.74. The number of benzene rings is 2. The predicted molar refractivity (Wildman–Crippen MR) is 122 cm³/mol. The minimum absolute atomic E-state index is 0.133. The summed E-state index contributed by atoms with van der Waals surface area (Å²) in [7, 11) is 1.57. The van der Waals surface area contributed by atoms with E-state index in [-0.39, 0.29) is 5.91 Å². The van der Waals surface area contributed by atoms with Gasteiger partial charge in [-0.2, -0.15) is 0 Å². The maximum atomic E-state index is 13.4. The summed E-state index contributed by atoms with van der Waals surface area (Å²) in [5.74, 6) is 0.456. The second-order valence-electron chi connectivity index (χ2n) is 6.64. The number of aryl methyl sites for hydroxylation is 1. The van der Waals surface area contributed by atoms with E-state index in [4.69, 9.17) is 27.9 Å². The van der Waals surface area contributed by atoms with Gasteiger partial charge in [-0.15, -0.1) is 11.3 Å². The molecule has 0 fully saturated rings. The molecule has 0 spiro atoms. The Balaban J connectivity index is 1.86. The van der Waals surface area contributed by atoms with Crippen LogP contribution in [0.2, 0.25) is 10.2 Å². The Kier molecular flexibility index (Phi) is 5.38. The second kappa shape index (κ2) is 7.82. The number of carbonyl (C=O) groups is 1. The molecule has 0 N–H and O–H groups in total. The number of carbonyl (C=O) groups excluding carboxylic acids is 1. The summed E-state index contributed by atoms with van der Waals surface area (Å²) >= 11 is 14.0. The highest BCUT2D eigenvalue weighted by atomic mass is 35.5. The standard InChI is InChI=1S/C22H18Cl2N2O2S/c1-4-26(17-10-13(23)6-8-18(17)28-3)22(27)19-11-15-20(29-19)14-9-12(2)5-7-16(14)25-21(15)24/h5-11H,4H2,1-3H3. The third kappa shape index (κ3) is 3.54. The van der Waals surface area contributed by atoms with E-state index in [1.54, 1.807) is 30.2 Å². The van der Waals surface area contributed by atoms with Gasteiger partial charge in [0.05, 0.1) is 23.2 Å². The van der Waals surface area contributed by atoms with Crippen molar-refractivity contribution in [2.75, 3.05) is 18.6 Å². The third-order valence-corrected chi connectivity index (χ3v) is 6.45. The number of nitrogens with zero attached hydrogens (tertiary/aromatic N) is 2. The quantitative estimate of drug-likeness (QED) is 0.327. The van der Waals surface area contributed by atoms with Crippen LogP contribution in [0.1, 0.15) is 22.2 Å². The molecule has 7 heteroatoms. The normalized spacial score (nSPS) is 11.2. The number of anilines is 1. The minimum Gasteiger partial charge on any atom is -0.495 e. The highest BCUT2D eigenvalue weighted by Crippen LogP contribution is 2.38. The monoisotopic (exact) mass is 444 g/mol. The van der Waals surface area contributed by atoms with Crippen LogP contribution in [0, 0.1) is 6.92 Å². The van der Waals surface area contributed by atoms with Gasteiger partial charge >= 0.3 is 0 Å². The van der Waals surface area contributed by atoms with Crippen molar-refractivity contribution in [3.8, 4) is 5.75 Å². The van der Waals surface area contributed by atoms with E-state index in [0.717, 1.165) is 26.6 Å². The topological polar surface area (TPSA) is 42.4 Å². The molecule has 1 amide bonds. The first kappa shape index (κ1) is 20.0. The first-order chi connectivity index (χ1) is 13.9. The molecule has 0 saturated carbocycles. The molecule has 4 aromatic rings. The molecule has 0 atom stereocenters. The van der Waals surface area contributed by atoms with Gasteiger partial charge < -0.3 is 9.64 Å². The Bertz CT molecular complexity index is 1250. The molecule has 0 aliphatic rings. The molecular formula is C22H18Cl2N2O2S. The second-order valence-corrected chi connectivity index (χ2v) is 8.49. The summed E-state index contributed by atoms with van der Waals surface area (Å²) in [6.45, 7) is 4.41. The fourth-order valence-corrected chi connectivity index (χ4v) is 4.97. The van der Waals surface area contributed by atoms with E-state index in [1.165, 1.54) is 11.3 Å². The van der Waals surface area contributed by atoms with Gasteiger partial charge in [-0.1, -0.05) is 34.8 Å². The molecule has 4 rings (SSSR count). The van der Waals surface area contributed by atoms with E-state index >= 15 is 0 Å². The number of hydrogen-bond acceptors (Lipinski definition) is 4. The van der Waals surface area contributed by atoms with Gasteiger partial charge in [-0.3, -0.25) is 4.79 Å². The minimum atomic E-state index is -0.133. The first-order valence-corrected chi connectivity index (χ1v) is 10.6. The number of pyridine rings is 1. The molecule has 0 saturated heterocycles. The lowest BCUT2D eigenvalue weighted by molar-refractivity contribution is 0.0991. The van der Waals surface area contributed by atoms with Crippen LogP contribution in [0.5, 0.6) is 5.75 Å². The first-order valence-electron chi connectivity index (χ1n) is 9.07. The van der Waals surface area contributed by atoms with Crippen LogP contribution in [-0.4, -0.2) is 24.5 Å². The zero-order valence-electron chi connectivity index (χ0n) is 16.1. The van der Waals surface area contributed by atoms with E-state index in [1.807, 2.05) is 32.0 Å². The summed E-state index contributed by atoms with van der Waals surface area (Å²) in [4.78, 5) is 20.1. The zero-order valence-corrected chi connectivity index (χ0v) is 18.5. The van der Waals surface area contributed by atoms with E-state index in [9.17, 15) is 4.79 Å². The summed E-state index contributed by atoms with van der Waals surface area (Å²) in [5, 5.41) is 2.72. The molecule has 0 unspecified atom stereocenters. The van der Waals surface area contributed by atoms with Gasteiger partial charge in [-0.05, 0) is 50.2 Å². The van der Waals surface area contributed by atoms with Gasteiger partial charge in [0.25, 0.3) is 5.91 Å². The van der Waals surface area contributed by atoms with Gasteiger partial charge in [0.15, 0.2) is 0 Å². The fraction of sp³-hybridized carbons (Fsp3) is 0.182. The van der Waals surface area contributed by atoms with Crippen molar-refractivity contribution in [1.29, 1.82) is 0 Å². The molecule has 0 bridgehead atoms. The average molecular weight is 445 g/mol. The number of aromatic nitrogens is 1. The lowest BCUT2D eigenvalue weighted by Gasteiger charge is -2.22. The Labute approximate surface area is 182 Å². The Morgan fingerprint density at radius 3 is 2.66 bits per heavy atom. The highest BCUT2D eigenvalue weighted by Gasteiger charge is 2.23. The Hall–Kier alpha value is -2.34. The van der Waals surface area contributed by atoms with Crippen LogP contribution in [-0.2, 0) is 0 Å². The summed E-state index contributed by atoms with van der Waals surface area (Å²) in [6.07, 6.45) is 0. The van der Waals surface area contributed by atoms with Crippen LogP contribution >= 0.6 is 34.5 Å². The molecule has 2 aromatic carbocycles. The molecule has 29 heavy (non-hydrogen) atoms. The maximum Gasteiger partial charge on any atom is 0.268 e. The number of fused-ring (bicyclic) bond motifs is 3. The number of hydrogen-bond donors (Lipinski definition) is 0. The molecular weight excluding hydrogens is 427 g/mol. The van der Waals surface area contributed by atoms with Crippen molar-refractivity contribution in [1.82, 2.24) is 4.98 Å². The van der Waals surface area contributed by atoms with Crippen molar-refractivity contribution in [3.63, 3.8) is 0 Å². The maximum absolute atomic E-state index is 13.4. The summed E-state index contributed by atoms with van der Waals surface area (Å²) in [5.41, 5.74) is 2.58. The number of rotatable bonds is 4. The summed E-state index contributed by atoms with van der Waals surface area (Å²) in [6, 6.07) is 13.1. The molecule has 0 aliphatic carbocycles. The van der Waals surface area contributed by atoms with Crippen LogP contribution < -0.4 is 9.64 Å². The Morgan fingerprint density at radius 2 is 1.93 bits per heavy atom. The van der Waals surface area contributed by atoms with Crippen molar-refractivity contribution >= 4 is 67.1 Å². The van der Waals surface area contributed by atoms with E-state index in [2.05, 4.69) is 11.1 Å². The molecule has 148 valence electrons. The van der Waals surface area contributed by atoms with Crippen molar-refractivity contribution in [2.45, 2.75) is 13.8 Å². The van der Waals surface area contributed by atoms with Crippen molar-refractivity contribution in [3.05, 3.63) is 63.1 Å². The Morgan fingerprint density at radius 1 is 1.14 bits per heavy atom. The molecule has 2 aromatic heterocycles. The largest absolute Gasteiger partial charge is 0.495 e. The van der Waals surface area contributed by atoms with Crippen LogP contribution in [0.25, 0.3) is 21.0 Å². The number of ether oxygens (including phenoxy) is 1. The van der Waals surface area contributed by atoms with E-state index < -0.39 is 0 Å². The van der Waals surface area contributed by atoms with Gasteiger partial charge in [0.2, 0.25) is 0 Å². The number of halogens is 2. The van der Waals surface area contributed by atoms with Crippen LogP contribution in [0.3, 0.4) is 0 Å². The van der Waals surface area contributed by atoms with Gasteiger partial charge in [0.1, 0.15) is 10.9 Å². The smallest absolute Gasteiger partial charge is 0.268 e. The summed E-state index contributed by atoms with van der Waals surface area (Å²) < 4.78 is 6.40. The highest BCUT2D eigenvalue weighted by molar-refractivity contribution is 7.22. The van der Waals surface area contributed by atoms with Gasteiger partial charge in [-0.25, -0.2) is 4.98 Å². The molecule has 4 nitrogen and oxygen atoms in total. The van der Waals surface area contributed by atoms with Crippen molar-refractivity contribution < 1.29 is 9.53 Å². The zero-order chi connectivity index (χ0) is 20.7. The van der Waals surface area contributed by atoms with Gasteiger partial charge in [0, 0.05) is 27.0 Å². The fourth-order valence-electron chi connectivity index (χ4n) is 3.38. The molecule has 2 heterocycles. The number of methoxy groups -OCH3 is 1. The number of amides is 1. The average Bonchev–Trinajstić information content (AvgIpc) is 3.16. The van der Waals surface area contributed by atoms with E-state index in [0.29, 0.717) is 33.0 Å². The van der Waals surface area contributed by atoms with Crippen molar-refractivity contribution in [2.24, 2.45) is 0 Å². The lowest BCUT2D eigenvalue weighted by atomic mass is 10.1. The van der Waals surface area contributed by atoms with Crippen LogP contribution in [0.4, 0.5) is 5.69 Å². The molecule has 0 aliphatic heterocycles. The molecule has 0 radical (unpaired) electrons. The number of thiophene rings is 1. The lowest BCUT2D eigenvalue weighted by Crippen LogP contribution is -2.30. The SMILES string of the molecule is CCN(C(=O)c1cc2c(Cl)nc3ccc(C)cc3c2s1)c1cc(Cl)ccc1OC.